The lowest BCUT2D eigenvalue weighted by atomic mass is 10.0. The molecule has 1 aromatic carbocycles. The van der Waals surface area contributed by atoms with E-state index in [4.69, 9.17) is 10.2 Å². The molecule has 2 rings (SSSR count). The van der Waals surface area contributed by atoms with E-state index in [0.29, 0.717) is 5.89 Å². The molecule has 2 aromatic rings. The van der Waals surface area contributed by atoms with Gasteiger partial charge in [0.05, 0.1) is 0 Å². The van der Waals surface area contributed by atoms with Crippen LogP contribution in [0, 0.1) is 6.92 Å². The van der Waals surface area contributed by atoms with Gasteiger partial charge in [-0.2, -0.15) is 0 Å². The zero-order valence-corrected chi connectivity index (χ0v) is 11.3. The highest BCUT2D eigenvalue weighted by Crippen LogP contribution is 2.20. The summed E-state index contributed by atoms with van der Waals surface area (Å²) in [7, 11) is 0. The molecule has 0 saturated carbocycles. The average Bonchev–Trinajstić information content (AvgIpc) is 2.62. The Morgan fingerprint density at radius 1 is 1.39 bits per heavy atom. The van der Waals surface area contributed by atoms with E-state index in [1.165, 1.54) is 0 Å². The lowest BCUT2D eigenvalue weighted by molar-refractivity contribution is 0.465. The molecule has 0 saturated heterocycles. The van der Waals surface area contributed by atoms with Gasteiger partial charge in [-0.25, -0.2) is 4.98 Å². The number of anilines is 1. The van der Waals surface area contributed by atoms with Crippen LogP contribution in [0.15, 0.2) is 22.6 Å². The summed E-state index contributed by atoms with van der Waals surface area (Å²) in [5, 5.41) is 3.38. The Balaban J connectivity index is 1.91. The lowest BCUT2D eigenvalue weighted by Gasteiger charge is -2.18. The number of nitrogens with one attached hydrogen (secondary N) is 1. The minimum atomic E-state index is -0.0896. The molecule has 0 spiro atoms. The van der Waals surface area contributed by atoms with Crippen molar-refractivity contribution in [1.82, 2.24) is 4.98 Å². The summed E-state index contributed by atoms with van der Waals surface area (Å²) in [6.07, 6.45) is 2.06. The Labute approximate surface area is 108 Å². The summed E-state index contributed by atoms with van der Waals surface area (Å²) in [5.41, 5.74) is 8.65. The van der Waals surface area contributed by atoms with Crippen LogP contribution in [0.25, 0.3) is 11.1 Å². The number of rotatable bonds is 5. The molecule has 98 valence electrons. The predicted octanol–water partition coefficient (Wildman–Crippen LogP) is 3.07. The maximum absolute atomic E-state index is 5.94. The number of aromatic nitrogens is 1. The number of nitrogens with two attached hydrogens (primary N) is 1. The van der Waals surface area contributed by atoms with Gasteiger partial charge in [0.25, 0.3) is 0 Å². The standard InChI is InChI=1S/C14H21N3O/c1-10-17-12-6-5-11(9-13(12)18-10)16-8-4-7-14(2,3)15/h5-6,9,16H,4,7-8,15H2,1-3H3. The lowest BCUT2D eigenvalue weighted by Crippen LogP contribution is -2.32. The van der Waals surface area contributed by atoms with Crippen molar-refractivity contribution < 1.29 is 4.42 Å². The number of hydrogen-bond acceptors (Lipinski definition) is 4. The van der Waals surface area contributed by atoms with Crippen LogP contribution in [-0.4, -0.2) is 17.1 Å². The van der Waals surface area contributed by atoms with Crippen LogP contribution < -0.4 is 11.1 Å². The molecule has 0 aliphatic heterocycles. The van der Waals surface area contributed by atoms with Gasteiger partial charge in [0.1, 0.15) is 5.52 Å². The van der Waals surface area contributed by atoms with Gasteiger partial charge < -0.3 is 15.5 Å². The monoisotopic (exact) mass is 247 g/mol. The fourth-order valence-corrected chi connectivity index (χ4v) is 1.93. The molecule has 0 aliphatic carbocycles. The van der Waals surface area contributed by atoms with E-state index < -0.39 is 0 Å². The molecule has 0 bridgehead atoms. The molecule has 0 radical (unpaired) electrons. The quantitative estimate of drug-likeness (QED) is 0.797. The van der Waals surface area contributed by atoms with Crippen molar-refractivity contribution in [1.29, 1.82) is 0 Å². The highest BCUT2D eigenvalue weighted by atomic mass is 16.3. The first-order valence-corrected chi connectivity index (χ1v) is 6.34. The molecule has 0 aliphatic rings. The third kappa shape index (κ3) is 3.47. The predicted molar refractivity (Wildman–Crippen MR) is 74.7 cm³/mol. The Hall–Kier alpha value is -1.55. The Bertz CT molecular complexity index is 525. The smallest absolute Gasteiger partial charge is 0.192 e. The van der Waals surface area contributed by atoms with Gasteiger partial charge in [0.2, 0.25) is 0 Å². The largest absolute Gasteiger partial charge is 0.441 e. The van der Waals surface area contributed by atoms with Crippen molar-refractivity contribution in [3.05, 3.63) is 24.1 Å². The van der Waals surface area contributed by atoms with Crippen LogP contribution in [0.1, 0.15) is 32.6 Å². The van der Waals surface area contributed by atoms with Crippen molar-refractivity contribution in [2.24, 2.45) is 5.73 Å². The third-order valence-electron chi connectivity index (χ3n) is 2.82. The topological polar surface area (TPSA) is 64.1 Å². The fraction of sp³-hybridized carbons (Fsp3) is 0.500. The summed E-state index contributed by atoms with van der Waals surface area (Å²) in [6, 6.07) is 5.99. The van der Waals surface area contributed by atoms with Crippen molar-refractivity contribution in [2.75, 3.05) is 11.9 Å². The summed E-state index contributed by atoms with van der Waals surface area (Å²) >= 11 is 0. The van der Waals surface area contributed by atoms with Crippen molar-refractivity contribution in [3.63, 3.8) is 0 Å². The number of oxazole rings is 1. The van der Waals surface area contributed by atoms with Gasteiger partial charge in [0.15, 0.2) is 11.5 Å². The SMILES string of the molecule is Cc1nc2ccc(NCCCC(C)(C)N)cc2o1. The van der Waals surface area contributed by atoms with E-state index in [0.717, 1.165) is 36.2 Å². The molecule has 1 heterocycles. The second-order valence-corrected chi connectivity index (χ2v) is 5.43. The first-order chi connectivity index (χ1) is 8.44. The van der Waals surface area contributed by atoms with E-state index in [2.05, 4.69) is 24.1 Å². The molecule has 0 unspecified atom stereocenters. The van der Waals surface area contributed by atoms with Crippen molar-refractivity contribution in [2.45, 2.75) is 39.2 Å². The van der Waals surface area contributed by atoms with Crippen LogP contribution in [0.2, 0.25) is 0 Å². The highest BCUT2D eigenvalue weighted by molar-refractivity contribution is 5.77. The Morgan fingerprint density at radius 2 is 2.17 bits per heavy atom. The van der Waals surface area contributed by atoms with Crippen LogP contribution >= 0.6 is 0 Å². The van der Waals surface area contributed by atoms with Crippen LogP contribution in [-0.2, 0) is 0 Å². The number of fused-ring (bicyclic) bond motifs is 1. The molecule has 18 heavy (non-hydrogen) atoms. The summed E-state index contributed by atoms with van der Waals surface area (Å²) in [6.45, 7) is 6.88. The molecule has 0 atom stereocenters. The Morgan fingerprint density at radius 3 is 2.89 bits per heavy atom. The molecule has 0 amide bonds. The van der Waals surface area contributed by atoms with E-state index in [9.17, 15) is 0 Å². The summed E-state index contributed by atoms with van der Waals surface area (Å²) < 4.78 is 5.50. The third-order valence-corrected chi connectivity index (χ3v) is 2.82. The summed E-state index contributed by atoms with van der Waals surface area (Å²) in [5.74, 6) is 0.701. The fourth-order valence-electron chi connectivity index (χ4n) is 1.93. The van der Waals surface area contributed by atoms with Crippen LogP contribution in [0.4, 0.5) is 5.69 Å². The van der Waals surface area contributed by atoms with Crippen molar-refractivity contribution in [3.8, 4) is 0 Å². The first kappa shape index (κ1) is 12.9. The maximum atomic E-state index is 5.94. The van der Waals surface area contributed by atoms with E-state index in [1.807, 2.05) is 25.1 Å². The molecule has 0 fully saturated rings. The average molecular weight is 247 g/mol. The van der Waals surface area contributed by atoms with Crippen LogP contribution in [0.5, 0.6) is 0 Å². The van der Waals surface area contributed by atoms with Gasteiger partial charge in [-0.1, -0.05) is 0 Å². The van der Waals surface area contributed by atoms with Gasteiger partial charge in [0, 0.05) is 30.8 Å². The second-order valence-electron chi connectivity index (χ2n) is 5.43. The molecule has 3 N–H and O–H groups in total. The highest BCUT2D eigenvalue weighted by Gasteiger charge is 2.09. The number of aryl methyl sites for hydroxylation is 1. The van der Waals surface area contributed by atoms with Crippen molar-refractivity contribution >= 4 is 16.8 Å². The van der Waals surface area contributed by atoms with Crippen LogP contribution in [0.3, 0.4) is 0 Å². The van der Waals surface area contributed by atoms with E-state index in [-0.39, 0.29) is 5.54 Å². The zero-order chi connectivity index (χ0) is 13.2. The zero-order valence-electron chi connectivity index (χ0n) is 11.3. The van der Waals surface area contributed by atoms with Gasteiger partial charge in [-0.05, 0) is 38.8 Å². The van der Waals surface area contributed by atoms with Gasteiger partial charge in [-0.15, -0.1) is 0 Å². The Kier molecular flexibility index (Phi) is 3.57. The van der Waals surface area contributed by atoms with Gasteiger partial charge in [-0.3, -0.25) is 0 Å². The molecular weight excluding hydrogens is 226 g/mol. The number of benzene rings is 1. The molecule has 1 aromatic heterocycles. The minimum Gasteiger partial charge on any atom is -0.441 e. The molecule has 4 nitrogen and oxygen atoms in total. The van der Waals surface area contributed by atoms with Gasteiger partial charge >= 0.3 is 0 Å². The van der Waals surface area contributed by atoms with E-state index >= 15 is 0 Å². The number of hydrogen-bond donors (Lipinski definition) is 2. The minimum absolute atomic E-state index is 0.0896. The maximum Gasteiger partial charge on any atom is 0.192 e. The second kappa shape index (κ2) is 4.98. The molecule has 4 heteroatoms. The van der Waals surface area contributed by atoms with E-state index in [1.54, 1.807) is 0 Å². The first-order valence-electron chi connectivity index (χ1n) is 6.34. The number of nitrogens with zero attached hydrogens (tertiary/aromatic N) is 1. The normalized spacial score (nSPS) is 12.0. The molecular formula is C14H21N3O. The summed E-state index contributed by atoms with van der Waals surface area (Å²) in [4.78, 5) is 4.27.